The lowest BCUT2D eigenvalue weighted by molar-refractivity contribution is -0.542. The Bertz CT molecular complexity index is 412. The van der Waals surface area contributed by atoms with Crippen molar-refractivity contribution in [1.29, 1.82) is 0 Å². The second kappa shape index (κ2) is 3.23. The Morgan fingerprint density at radius 3 is 2.86 bits per heavy atom. The zero-order valence-corrected chi connectivity index (χ0v) is 7.68. The predicted octanol–water partition coefficient (Wildman–Crippen LogP) is 1.42. The number of aliphatic hydroxyl groups is 1. The van der Waals surface area contributed by atoms with Crippen molar-refractivity contribution in [3.63, 3.8) is 0 Å². The summed E-state index contributed by atoms with van der Waals surface area (Å²) >= 11 is 0. The van der Waals surface area contributed by atoms with Gasteiger partial charge in [-0.2, -0.15) is 0 Å². The Balaban J connectivity index is 2.60. The van der Waals surface area contributed by atoms with Gasteiger partial charge in [0.15, 0.2) is 0 Å². The van der Waals surface area contributed by atoms with Crippen LogP contribution in [-0.2, 0) is 4.74 Å². The highest BCUT2D eigenvalue weighted by Gasteiger charge is 2.33. The molecule has 1 N–H and O–H groups in total. The number of nitroso groups, excluding NO2 is 1. The first-order valence-corrected chi connectivity index (χ1v) is 4.23. The Morgan fingerprint density at radius 2 is 2.14 bits per heavy atom. The van der Waals surface area contributed by atoms with E-state index in [4.69, 9.17) is 4.74 Å². The molecule has 0 spiro atoms. The average molecular weight is 192 g/mol. The summed E-state index contributed by atoms with van der Waals surface area (Å²) in [7, 11) is 1.51. The van der Waals surface area contributed by atoms with Crippen LogP contribution in [0.5, 0.6) is 0 Å². The number of hydrogen-bond donors (Lipinski definition) is 1. The molecule has 0 saturated heterocycles. The van der Waals surface area contributed by atoms with Gasteiger partial charge in [-0.25, -0.2) is 0 Å². The van der Waals surface area contributed by atoms with Crippen molar-refractivity contribution in [2.24, 2.45) is 0 Å². The quantitative estimate of drug-likeness (QED) is 0.684. The lowest BCUT2D eigenvalue weighted by atomic mass is 10.1. The number of nitrogens with zero attached hydrogens (tertiary/aromatic N) is 1. The van der Waals surface area contributed by atoms with Crippen molar-refractivity contribution >= 4 is 11.4 Å². The maximum absolute atomic E-state index is 11.4. The molecule has 0 amide bonds. The lowest BCUT2D eigenvalue weighted by Gasteiger charge is -2.12. The zero-order valence-electron chi connectivity index (χ0n) is 7.68. The molecule has 2 rings (SSSR count). The summed E-state index contributed by atoms with van der Waals surface area (Å²) in [5.41, 5.74) is 1.13. The van der Waals surface area contributed by atoms with Gasteiger partial charge >= 0.3 is 6.23 Å². The molecule has 1 aromatic carbocycles. The number of rotatable bonds is 1. The minimum absolute atomic E-state index is 0.430. The van der Waals surface area contributed by atoms with Crippen LogP contribution < -0.4 is 0 Å². The van der Waals surface area contributed by atoms with E-state index in [1.54, 1.807) is 18.2 Å². The fourth-order valence-corrected chi connectivity index (χ4v) is 1.49. The predicted molar refractivity (Wildman–Crippen MR) is 50.7 cm³/mol. The van der Waals surface area contributed by atoms with Crippen LogP contribution in [0, 0.1) is 4.91 Å². The number of methoxy groups -OCH3 is 1. The van der Waals surface area contributed by atoms with Gasteiger partial charge in [-0.1, -0.05) is 12.1 Å². The minimum atomic E-state index is -1.17. The molecule has 72 valence electrons. The van der Waals surface area contributed by atoms with Crippen LogP contribution in [0.2, 0.25) is 0 Å². The van der Waals surface area contributed by atoms with Crippen molar-refractivity contribution in [2.75, 3.05) is 7.11 Å². The van der Waals surface area contributed by atoms with Crippen LogP contribution in [-0.4, -0.2) is 23.2 Å². The molecular weight excluding hydrogens is 182 g/mol. The largest absolute Gasteiger partial charge is 0.496 e. The summed E-state index contributed by atoms with van der Waals surface area (Å²) in [6.07, 6.45) is 0.217. The normalized spacial score (nSPS) is 20.0. The van der Waals surface area contributed by atoms with E-state index in [0.717, 1.165) is 0 Å². The third-order valence-corrected chi connectivity index (χ3v) is 2.17. The van der Waals surface area contributed by atoms with Crippen molar-refractivity contribution in [3.05, 3.63) is 40.8 Å². The van der Waals surface area contributed by atoms with E-state index in [-0.39, 0.29) is 0 Å². The smallest absolute Gasteiger partial charge is 0.332 e. The van der Waals surface area contributed by atoms with Crippen LogP contribution in [0.3, 0.4) is 0 Å². The van der Waals surface area contributed by atoms with Crippen LogP contribution in [0.25, 0.3) is 5.76 Å². The summed E-state index contributed by atoms with van der Waals surface area (Å²) < 4.78 is 5.63. The van der Waals surface area contributed by atoms with E-state index in [9.17, 15) is 10.0 Å². The highest BCUT2D eigenvalue weighted by molar-refractivity contribution is 5.69. The van der Waals surface area contributed by atoms with Crippen LogP contribution in [0.1, 0.15) is 5.56 Å². The number of para-hydroxylation sites is 1. The summed E-state index contributed by atoms with van der Waals surface area (Å²) in [5.74, 6) is 0.528. The molecule has 1 aliphatic heterocycles. The van der Waals surface area contributed by atoms with Crippen LogP contribution in [0.15, 0.2) is 30.3 Å². The summed E-state index contributed by atoms with van der Waals surface area (Å²) in [6, 6.07) is 6.99. The standard InChI is InChI=1S/C10H10NO3/c1-14-9-6-10(12)11(13)8-5-3-2-4-7(8)9/h2-6,10,12H,1H3/q+1. The van der Waals surface area contributed by atoms with Crippen LogP contribution in [0.4, 0.5) is 5.69 Å². The van der Waals surface area contributed by atoms with Gasteiger partial charge in [0.1, 0.15) is 5.76 Å². The molecule has 1 heterocycles. The number of fused-ring (bicyclic) bond motifs is 1. The maximum Gasteiger partial charge on any atom is 0.332 e. The summed E-state index contributed by atoms with van der Waals surface area (Å²) in [6.45, 7) is 0. The van der Waals surface area contributed by atoms with Gasteiger partial charge in [0.25, 0.3) is 5.69 Å². The summed E-state index contributed by atoms with van der Waals surface area (Å²) in [5, 5.41) is 9.38. The van der Waals surface area contributed by atoms with Gasteiger partial charge in [-0.05, 0) is 6.07 Å². The zero-order chi connectivity index (χ0) is 10.1. The third-order valence-electron chi connectivity index (χ3n) is 2.17. The van der Waals surface area contributed by atoms with Crippen molar-refractivity contribution in [1.82, 2.24) is 0 Å². The van der Waals surface area contributed by atoms with Gasteiger partial charge < -0.3 is 9.84 Å². The van der Waals surface area contributed by atoms with E-state index in [1.165, 1.54) is 13.2 Å². The Kier molecular flexibility index (Phi) is 2.05. The van der Waals surface area contributed by atoms with E-state index < -0.39 is 6.23 Å². The summed E-state index contributed by atoms with van der Waals surface area (Å²) in [4.78, 5) is 11.4. The Morgan fingerprint density at radius 1 is 1.43 bits per heavy atom. The van der Waals surface area contributed by atoms with Gasteiger partial charge in [-0.15, -0.1) is 0 Å². The van der Waals surface area contributed by atoms with Crippen molar-refractivity contribution < 1.29 is 14.6 Å². The fraction of sp³-hybridized carbons (Fsp3) is 0.200. The molecule has 0 aliphatic carbocycles. The first kappa shape index (κ1) is 8.90. The van der Waals surface area contributed by atoms with E-state index in [2.05, 4.69) is 0 Å². The van der Waals surface area contributed by atoms with E-state index in [0.29, 0.717) is 21.8 Å². The monoisotopic (exact) mass is 192 g/mol. The highest BCUT2D eigenvalue weighted by Crippen LogP contribution is 2.31. The van der Waals surface area contributed by atoms with Crippen molar-refractivity contribution in [3.8, 4) is 0 Å². The second-order valence-electron chi connectivity index (χ2n) is 2.99. The minimum Gasteiger partial charge on any atom is -0.496 e. The Hall–Kier alpha value is -1.68. The van der Waals surface area contributed by atoms with Crippen LogP contribution >= 0.6 is 0 Å². The molecule has 0 fully saturated rings. The second-order valence-corrected chi connectivity index (χ2v) is 2.99. The molecule has 1 unspecified atom stereocenters. The topological polar surface area (TPSA) is 49.5 Å². The lowest BCUT2D eigenvalue weighted by Crippen LogP contribution is -2.22. The molecule has 4 heteroatoms. The molecule has 1 aliphatic rings. The SMILES string of the molecule is COC1=CC(O)[N+](=O)c2ccccc21. The van der Waals surface area contributed by atoms with Gasteiger partial charge in [0.2, 0.25) is 0 Å². The number of aliphatic hydroxyl groups excluding tert-OH is 1. The fourth-order valence-electron chi connectivity index (χ4n) is 1.49. The molecule has 1 aromatic rings. The molecule has 0 saturated carbocycles. The first-order chi connectivity index (χ1) is 6.74. The molecule has 0 bridgehead atoms. The molecule has 14 heavy (non-hydrogen) atoms. The molecule has 1 atom stereocenters. The van der Waals surface area contributed by atoms with Gasteiger partial charge in [0.05, 0.1) is 23.5 Å². The highest BCUT2D eigenvalue weighted by atomic mass is 16.5. The Labute approximate surface area is 81.0 Å². The maximum atomic E-state index is 11.4. The molecular formula is C10H10NO3+. The van der Waals surface area contributed by atoms with E-state index in [1.807, 2.05) is 6.07 Å². The average Bonchev–Trinajstić information content (AvgIpc) is 2.23. The number of benzene rings is 1. The number of ether oxygens (including phenoxy) is 1. The third kappa shape index (κ3) is 1.20. The molecule has 0 radical (unpaired) electrons. The first-order valence-electron chi connectivity index (χ1n) is 4.23. The van der Waals surface area contributed by atoms with Crippen molar-refractivity contribution in [2.45, 2.75) is 6.23 Å². The molecule has 4 nitrogen and oxygen atoms in total. The number of hydrogen-bond acceptors (Lipinski definition) is 3. The molecule has 0 aromatic heterocycles. The van der Waals surface area contributed by atoms with Gasteiger partial charge in [0, 0.05) is 11.0 Å². The van der Waals surface area contributed by atoms with E-state index >= 15 is 0 Å². The van der Waals surface area contributed by atoms with Gasteiger partial charge in [-0.3, -0.25) is 0 Å².